The Labute approximate surface area is 97.2 Å². The first-order valence-electron chi connectivity index (χ1n) is 4.67. The van der Waals surface area contributed by atoms with Gasteiger partial charge in [-0.1, -0.05) is 18.5 Å². The van der Waals surface area contributed by atoms with Gasteiger partial charge in [0, 0.05) is 12.0 Å². The summed E-state index contributed by atoms with van der Waals surface area (Å²) in [5, 5.41) is -0.314. The highest BCUT2D eigenvalue weighted by Gasteiger charge is 2.22. The fourth-order valence-corrected chi connectivity index (χ4v) is 1.70. The molecule has 0 aliphatic rings. The minimum Gasteiger partial charge on any atom is -0.493 e. The number of hydrogen-bond donors (Lipinski definition) is 0. The van der Waals surface area contributed by atoms with Crippen molar-refractivity contribution in [2.45, 2.75) is 19.3 Å². The van der Waals surface area contributed by atoms with Crippen LogP contribution in [0.25, 0.3) is 0 Å². The molecule has 1 unspecified atom stereocenters. The second kappa shape index (κ2) is 5.25. The van der Waals surface area contributed by atoms with Gasteiger partial charge >= 0.3 is 0 Å². The molecule has 1 rings (SSSR count). The Hall–Kier alpha value is -1.16. The molecule has 2 nitrogen and oxygen atoms in total. The van der Waals surface area contributed by atoms with Crippen molar-refractivity contribution < 1.29 is 18.3 Å². The van der Waals surface area contributed by atoms with Gasteiger partial charge in [-0.05, 0) is 12.0 Å². The molecule has 0 fully saturated rings. The van der Waals surface area contributed by atoms with E-state index in [1.54, 1.807) is 6.92 Å². The smallest absolute Gasteiger partial charge is 0.167 e. The van der Waals surface area contributed by atoms with Crippen LogP contribution in [0.1, 0.15) is 24.8 Å². The van der Waals surface area contributed by atoms with Crippen LogP contribution in [0, 0.1) is 11.6 Å². The molecule has 16 heavy (non-hydrogen) atoms. The topological polar surface area (TPSA) is 26.3 Å². The highest BCUT2D eigenvalue weighted by Crippen LogP contribution is 2.36. The van der Waals surface area contributed by atoms with Gasteiger partial charge in [0.05, 0.1) is 12.1 Å². The van der Waals surface area contributed by atoms with Crippen molar-refractivity contribution in [1.29, 1.82) is 0 Å². The second-order valence-electron chi connectivity index (χ2n) is 3.40. The molecule has 0 aliphatic carbocycles. The van der Waals surface area contributed by atoms with Crippen molar-refractivity contribution in [3.8, 4) is 5.75 Å². The summed E-state index contributed by atoms with van der Waals surface area (Å²) < 4.78 is 31.9. The first kappa shape index (κ1) is 12.9. The van der Waals surface area contributed by atoms with Crippen LogP contribution in [-0.4, -0.2) is 13.4 Å². The minimum absolute atomic E-state index is 0.000370. The third kappa shape index (κ3) is 2.32. The van der Waals surface area contributed by atoms with Gasteiger partial charge < -0.3 is 9.53 Å². The highest BCUT2D eigenvalue weighted by atomic mass is 35.5. The van der Waals surface area contributed by atoms with Gasteiger partial charge in [0.25, 0.3) is 0 Å². The van der Waals surface area contributed by atoms with Gasteiger partial charge in [0.15, 0.2) is 11.6 Å². The molecule has 88 valence electrons. The number of halogens is 3. The monoisotopic (exact) mass is 248 g/mol. The second-order valence-corrected chi connectivity index (χ2v) is 3.81. The van der Waals surface area contributed by atoms with E-state index in [0.29, 0.717) is 6.29 Å². The first-order chi connectivity index (χ1) is 7.52. The van der Waals surface area contributed by atoms with Crippen molar-refractivity contribution in [3.05, 3.63) is 28.3 Å². The molecule has 0 bridgehead atoms. The predicted molar refractivity (Wildman–Crippen MR) is 57.0 cm³/mol. The van der Waals surface area contributed by atoms with E-state index < -0.39 is 17.6 Å². The molecule has 0 heterocycles. The molecule has 1 aromatic carbocycles. The number of ether oxygens (including phenoxy) is 1. The normalized spacial score (nSPS) is 12.3. The number of methoxy groups -OCH3 is 1. The van der Waals surface area contributed by atoms with Crippen LogP contribution < -0.4 is 4.74 Å². The Bertz CT molecular complexity index is 407. The lowest BCUT2D eigenvalue weighted by atomic mass is 9.96. The average Bonchev–Trinajstić information content (AvgIpc) is 2.23. The van der Waals surface area contributed by atoms with Crippen molar-refractivity contribution in [3.63, 3.8) is 0 Å². The van der Waals surface area contributed by atoms with E-state index in [0.717, 1.165) is 6.07 Å². The summed E-state index contributed by atoms with van der Waals surface area (Å²) >= 11 is 5.53. The van der Waals surface area contributed by atoms with E-state index in [1.807, 2.05) is 0 Å². The lowest BCUT2D eigenvalue weighted by molar-refractivity contribution is -0.108. The SMILES string of the molecule is COc1c(F)cc(Cl)c(F)c1C(C)CC=O. The molecule has 5 heteroatoms. The molecule has 1 atom stereocenters. The van der Waals surface area contributed by atoms with Crippen molar-refractivity contribution in [2.75, 3.05) is 7.11 Å². The van der Waals surface area contributed by atoms with Crippen molar-refractivity contribution in [1.82, 2.24) is 0 Å². The number of hydrogen-bond acceptors (Lipinski definition) is 2. The van der Waals surface area contributed by atoms with Crippen LogP contribution >= 0.6 is 11.6 Å². The Kier molecular flexibility index (Phi) is 4.24. The molecule has 0 aromatic heterocycles. The summed E-state index contributed by atoms with van der Waals surface area (Å²) in [6, 6.07) is 0.854. The third-order valence-electron chi connectivity index (χ3n) is 2.31. The van der Waals surface area contributed by atoms with E-state index in [-0.39, 0.29) is 22.8 Å². The number of carbonyl (C=O) groups excluding carboxylic acids is 1. The summed E-state index contributed by atoms with van der Waals surface area (Å²) in [4.78, 5) is 10.4. The summed E-state index contributed by atoms with van der Waals surface area (Å²) in [6.07, 6.45) is 0.718. The fraction of sp³-hybridized carbons (Fsp3) is 0.364. The van der Waals surface area contributed by atoms with E-state index in [1.165, 1.54) is 7.11 Å². The molecule has 0 N–H and O–H groups in total. The van der Waals surface area contributed by atoms with E-state index in [9.17, 15) is 13.6 Å². The number of carbonyl (C=O) groups is 1. The largest absolute Gasteiger partial charge is 0.493 e. The van der Waals surface area contributed by atoms with Crippen LogP contribution in [0.4, 0.5) is 8.78 Å². The van der Waals surface area contributed by atoms with Crippen molar-refractivity contribution in [2.24, 2.45) is 0 Å². The quantitative estimate of drug-likeness (QED) is 0.604. The molecule has 1 aromatic rings. The van der Waals surface area contributed by atoms with Crippen LogP contribution in [0.15, 0.2) is 6.07 Å². The summed E-state index contributed by atoms with van der Waals surface area (Å²) in [5.41, 5.74) is -0.000370. The van der Waals surface area contributed by atoms with Gasteiger partial charge in [-0.25, -0.2) is 8.78 Å². The van der Waals surface area contributed by atoms with Crippen LogP contribution in [0.5, 0.6) is 5.75 Å². The fourth-order valence-electron chi connectivity index (χ4n) is 1.51. The number of benzene rings is 1. The Morgan fingerprint density at radius 3 is 2.69 bits per heavy atom. The molecular weight excluding hydrogens is 238 g/mol. The Morgan fingerprint density at radius 1 is 1.56 bits per heavy atom. The first-order valence-corrected chi connectivity index (χ1v) is 5.05. The van der Waals surface area contributed by atoms with Crippen LogP contribution in [0.2, 0.25) is 5.02 Å². The molecule has 0 amide bonds. The van der Waals surface area contributed by atoms with Gasteiger partial charge in [-0.3, -0.25) is 0 Å². The van der Waals surface area contributed by atoms with Crippen molar-refractivity contribution >= 4 is 17.9 Å². The van der Waals surface area contributed by atoms with Gasteiger partial charge in [-0.15, -0.1) is 0 Å². The van der Waals surface area contributed by atoms with E-state index in [4.69, 9.17) is 16.3 Å². The van der Waals surface area contributed by atoms with Gasteiger partial charge in [-0.2, -0.15) is 0 Å². The zero-order chi connectivity index (χ0) is 12.3. The maximum Gasteiger partial charge on any atom is 0.167 e. The zero-order valence-corrected chi connectivity index (χ0v) is 9.65. The molecule has 0 saturated carbocycles. The summed E-state index contributed by atoms with van der Waals surface area (Å²) in [7, 11) is 1.24. The van der Waals surface area contributed by atoms with E-state index >= 15 is 0 Å². The lowest BCUT2D eigenvalue weighted by Crippen LogP contribution is -2.04. The van der Waals surface area contributed by atoms with Crippen LogP contribution in [0.3, 0.4) is 0 Å². The number of aldehydes is 1. The molecular formula is C11H11ClF2O2. The lowest BCUT2D eigenvalue weighted by Gasteiger charge is -2.16. The summed E-state index contributed by atoms with van der Waals surface area (Å²) in [5.74, 6) is -2.16. The molecule has 0 aliphatic heterocycles. The van der Waals surface area contributed by atoms with Crippen LogP contribution in [-0.2, 0) is 4.79 Å². The zero-order valence-electron chi connectivity index (χ0n) is 8.89. The minimum atomic E-state index is -0.741. The van der Waals surface area contributed by atoms with Gasteiger partial charge in [0.2, 0.25) is 0 Å². The Balaban J connectivity index is 3.37. The number of rotatable bonds is 4. The highest BCUT2D eigenvalue weighted by molar-refractivity contribution is 6.30. The maximum atomic E-state index is 13.7. The van der Waals surface area contributed by atoms with E-state index in [2.05, 4.69) is 0 Å². The maximum absolute atomic E-state index is 13.7. The molecule has 0 radical (unpaired) electrons. The molecule has 0 spiro atoms. The third-order valence-corrected chi connectivity index (χ3v) is 2.58. The standard InChI is InChI=1S/C11H11ClF2O2/c1-6(3-4-15)9-10(14)7(12)5-8(13)11(9)16-2/h4-6H,3H2,1-2H3. The average molecular weight is 249 g/mol. The predicted octanol–water partition coefficient (Wildman–Crippen LogP) is 3.32. The summed E-state index contributed by atoms with van der Waals surface area (Å²) in [6.45, 7) is 1.60. The van der Waals surface area contributed by atoms with Gasteiger partial charge in [0.1, 0.15) is 12.1 Å². The Morgan fingerprint density at radius 2 is 2.19 bits per heavy atom. The molecule has 0 saturated heterocycles.